The molecule has 5 heterocycles. The highest BCUT2D eigenvalue weighted by Crippen LogP contribution is 2.31. The minimum absolute atomic E-state index is 0.290. The van der Waals surface area contributed by atoms with Gasteiger partial charge in [0.2, 0.25) is 5.95 Å². The summed E-state index contributed by atoms with van der Waals surface area (Å²) in [4.78, 5) is 14.0. The summed E-state index contributed by atoms with van der Waals surface area (Å²) in [5.41, 5.74) is 10.2. The predicted octanol–water partition coefficient (Wildman–Crippen LogP) is 4.48. The van der Waals surface area contributed by atoms with Crippen LogP contribution < -0.4 is 15.8 Å². The number of anilines is 2. The van der Waals surface area contributed by atoms with Crippen molar-refractivity contribution in [1.29, 1.82) is 0 Å². The number of piperidine rings is 1. The second-order valence-electron chi connectivity index (χ2n) is 11.9. The fourth-order valence-corrected chi connectivity index (χ4v) is 6.57. The zero-order valence-electron chi connectivity index (χ0n) is 25.9. The highest BCUT2D eigenvalue weighted by atomic mass is 16.5. The maximum Gasteiger partial charge on any atom is 0.222 e. The Morgan fingerprint density at radius 2 is 1.84 bits per heavy atom. The van der Waals surface area contributed by atoms with Gasteiger partial charge in [-0.1, -0.05) is 38.8 Å². The van der Waals surface area contributed by atoms with Crippen molar-refractivity contribution in [2.24, 2.45) is 0 Å². The number of ether oxygens (including phenoxy) is 1. The van der Waals surface area contributed by atoms with E-state index in [0.29, 0.717) is 18.4 Å². The maximum atomic E-state index is 6.02. The van der Waals surface area contributed by atoms with E-state index in [1.807, 2.05) is 6.07 Å². The fourth-order valence-electron chi connectivity index (χ4n) is 6.57. The predicted molar refractivity (Wildman–Crippen MR) is 170 cm³/mol. The number of hydrogen-bond acceptors (Lipinski definition) is 9. The summed E-state index contributed by atoms with van der Waals surface area (Å²) in [7, 11) is 1.76. The number of rotatable bonds is 12. The van der Waals surface area contributed by atoms with Gasteiger partial charge in [-0.3, -0.25) is 9.80 Å². The molecule has 3 aromatic heterocycles. The van der Waals surface area contributed by atoms with E-state index < -0.39 is 0 Å². The van der Waals surface area contributed by atoms with Crippen molar-refractivity contribution < 1.29 is 4.74 Å². The summed E-state index contributed by atoms with van der Waals surface area (Å²) in [6.45, 7) is 13.1. The number of hydrogen-bond donors (Lipinski definition) is 2. The quantitative estimate of drug-likeness (QED) is 0.232. The van der Waals surface area contributed by atoms with Crippen LogP contribution >= 0.6 is 0 Å². The van der Waals surface area contributed by atoms with Crippen LogP contribution in [0.2, 0.25) is 0 Å². The van der Waals surface area contributed by atoms with Crippen molar-refractivity contribution in [2.75, 3.05) is 50.9 Å². The molecule has 3 N–H and O–H groups in total. The summed E-state index contributed by atoms with van der Waals surface area (Å²) >= 11 is 0. The molecular weight excluding hydrogens is 540 g/mol. The van der Waals surface area contributed by atoms with Gasteiger partial charge >= 0.3 is 0 Å². The Balaban J connectivity index is 1.10. The number of nitrogen functional groups attached to an aromatic ring is 1. The monoisotopic (exact) mass is 586 g/mol. The molecule has 4 aromatic rings. The highest BCUT2D eigenvalue weighted by Gasteiger charge is 2.28. The minimum Gasteiger partial charge on any atom is -0.496 e. The SMILES string of the molecule is CCCCCNc1nc(N)nc2ccn(Cc3ccc(CN4CCC(c5nnc6n5CCN(CC)C6)CC4)cc3OC)c12. The van der Waals surface area contributed by atoms with Crippen molar-refractivity contribution in [3.63, 3.8) is 0 Å². The molecular formula is C32H46N10O. The molecule has 1 saturated heterocycles. The van der Waals surface area contributed by atoms with Crippen molar-refractivity contribution in [2.45, 2.75) is 78.0 Å². The standard InChI is InChI=1S/C32H46N10O/c1-4-6-7-13-34-30-29-26(35-32(33)36-30)12-16-41(29)21-25-9-8-23(19-27(25)43-3)20-40-14-10-24(11-15-40)31-38-37-28-22-39(5-2)17-18-42(28)31/h8-9,12,16,19,24H,4-7,10-11,13-15,17-18,20-22H2,1-3H3,(H3,33,34,35,36). The zero-order chi connectivity index (χ0) is 29.8. The first-order valence-electron chi connectivity index (χ1n) is 15.9. The second-order valence-corrected chi connectivity index (χ2v) is 11.9. The molecule has 0 amide bonds. The van der Waals surface area contributed by atoms with Crippen LogP contribution in [-0.4, -0.2) is 78.9 Å². The number of likely N-dealkylation sites (N-methyl/N-ethyl adjacent to an activating group) is 1. The lowest BCUT2D eigenvalue weighted by atomic mass is 9.95. The van der Waals surface area contributed by atoms with Gasteiger partial charge < -0.3 is 24.9 Å². The molecule has 230 valence electrons. The summed E-state index contributed by atoms with van der Waals surface area (Å²) in [5.74, 6) is 4.79. The Kier molecular flexibility index (Phi) is 9.08. The van der Waals surface area contributed by atoms with Crippen LogP contribution in [0, 0.1) is 0 Å². The van der Waals surface area contributed by atoms with Gasteiger partial charge in [0.05, 0.1) is 25.7 Å². The zero-order valence-corrected chi connectivity index (χ0v) is 25.9. The molecule has 0 aliphatic carbocycles. The van der Waals surface area contributed by atoms with Crippen LogP contribution in [0.1, 0.15) is 74.6 Å². The molecule has 0 bridgehead atoms. The van der Waals surface area contributed by atoms with E-state index in [9.17, 15) is 0 Å². The van der Waals surface area contributed by atoms with Crippen molar-refractivity contribution in [3.05, 3.63) is 53.2 Å². The third-order valence-corrected chi connectivity index (χ3v) is 9.06. The van der Waals surface area contributed by atoms with Gasteiger partial charge in [0.15, 0.2) is 5.82 Å². The summed E-state index contributed by atoms with van der Waals surface area (Å²) in [5, 5.41) is 12.7. The van der Waals surface area contributed by atoms with E-state index >= 15 is 0 Å². The molecule has 1 fully saturated rings. The Morgan fingerprint density at radius 1 is 0.977 bits per heavy atom. The van der Waals surface area contributed by atoms with Gasteiger partial charge in [0.25, 0.3) is 0 Å². The van der Waals surface area contributed by atoms with E-state index in [1.165, 1.54) is 24.2 Å². The van der Waals surface area contributed by atoms with E-state index in [2.05, 4.69) is 82.7 Å². The molecule has 2 aliphatic heterocycles. The molecule has 0 radical (unpaired) electrons. The Labute approximate surface area is 254 Å². The number of benzene rings is 1. The first-order valence-corrected chi connectivity index (χ1v) is 15.9. The van der Waals surface area contributed by atoms with E-state index in [-0.39, 0.29) is 0 Å². The number of likely N-dealkylation sites (tertiary alicyclic amines) is 1. The van der Waals surface area contributed by atoms with E-state index in [0.717, 1.165) is 106 Å². The molecule has 11 heteroatoms. The average molecular weight is 587 g/mol. The topological polar surface area (TPSA) is 115 Å². The average Bonchev–Trinajstić information content (AvgIpc) is 3.64. The van der Waals surface area contributed by atoms with Crippen molar-refractivity contribution >= 4 is 22.8 Å². The third-order valence-electron chi connectivity index (χ3n) is 9.06. The van der Waals surface area contributed by atoms with Crippen LogP contribution in [-0.2, 0) is 26.2 Å². The molecule has 0 atom stereocenters. The number of nitrogens with zero attached hydrogens (tertiary/aromatic N) is 8. The number of aromatic nitrogens is 6. The third kappa shape index (κ3) is 6.47. The Bertz CT molecular complexity index is 1520. The minimum atomic E-state index is 0.290. The largest absolute Gasteiger partial charge is 0.496 e. The molecule has 0 saturated carbocycles. The summed E-state index contributed by atoms with van der Waals surface area (Å²) in [6.07, 6.45) is 7.74. The number of fused-ring (bicyclic) bond motifs is 2. The van der Waals surface area contributed by atoms with Crippen LogP contribution in [0.5, 0.6) is 5.75 Å². The first kappa shape index (κ1) is 29.4. The first-order chi connectivity index (χ1) is 21.1. The molecule has 0 unspecified atom stereocenters. The summed E-state index contributed by atoms with van der Waals surface area (Å²) in [6, 6.07) is 8.63. The normalized spacial score (nSPS) is 16.5. The molecule has 43 heavy (non-hydrogen) atoms. The Hall–Kier alpha value is -3.70. The molecule has 11 nitrogen and oxygen atoms in total. The summed E-state index contributed by atoms with van der Waals surface area (Å²) < 4.78 is 10.5. The highest BCUT2D eigenvalue weighted by molar-refractivity contribution is 5.87. The van der Waals surface area contributed by atoms with E-state index in [1.54, 1.807) is 7.11 Å². The Morgan fingerprint density at radius 3 is 2.63 bits per heavy atom. The van der Waals surface area contributed by atoms with Gasteiger partial charge in [0.1, 0.15) is 22.9 Å². The maximum absolute atomic E-state index is 6.02. The number of nitrogens with two attached hydrogens (primary N) is 1. The molecule has 2 aliphatic rings. The van der Waals surface area contributed by atoms with E-state index in [4.69, 9.17) is 10.5 Å². The lowest BCUT2D eigenvalue weighted by Gasteiger charge is -2.33. The lowest BCUT2D eigenvalue weighted by molar-refractivity contribution is 0.193. The van der Waals surface area contributed by atoms with Crippen LogP contribution in [0.15, 0.2) is 30.5 Å². The second kappa shape index (κ2) is 13.3. The van der Waals surface area contributed by atoms with Gasteiger partial charge in [-0.2, -0.15) is 4.98 Å². The van der Waals surface area contributed by atoms with Gasteiger partial charge in [0, 0.05) is 43.9 Å². The smallest absolute Gasteiger partial charge is 0.222 e. The fraction of sp³-hybridized carbons (Fsp3) is 0.562. The van der Waals surface area contributed by atoms with Crippen LogP contribution in [0.25, 0.3) is 11.0 Å². The van der Waals surface area contributed by atoms with Crippen molar-refractivity contribution in [3.8, 4) is 5.75 Å². The number of nitrogens with one attached hydrogen (secondary N) is 1. The van der Waals surface area contributed by atoms with Gasteiger partial charge in [-0.05, 0) is 56.6 Å². The van der Waals surface area contributed by atoms with Gasteiger partial charge in [-0.25, -0.2) is 4.98 Å². The molecule has 1 aromatic carbocycles. The lowest BCUT2D eigenvalue weighted by Crippen LogP contribution is -2.36. The van der Waals surface area contributed by atoms with Crippen LogP contribution in [0.4, 0.5) is 11.8 Å². The number of unbranched alkanes of at least 4 members (excludes halogenated alkanes) is 2. The van der Waals surface area contributed by atoms with Gasteiger partial charge in [-0.15, -0.1) is 10.2 Å². The number of methoxy groups -OCH3 is 1. The molecule has 0 spiro atoms. The van der Waals surface area contributed by atoms with Crippen LogP contribution in [0.3, 0.4) is 0 Å². The molecule has 6 rings (SSSR count). The van der Waals surface area contributed by atoms with Crippen molar-refractivity contribution in [1.82, 2.24) is 39.1 Å².